The maximum atomic E-state index is 13.6. The quantitative estimate of drug-likeness (QED) is 0.408. The van der Waals surface area contributed by atoms with Crippen LogP contribution in [-0.2, 0) is 6.54 Å². The molecule has 0 aromatic carbocycles. The topological polar surface area (TPSA) is 103 Å². The lowest BCUT2D eigenvalue weighted by atomic mass is 10.2. The minimum absolute atomic E-state index is 0.187. The number of nitrogens with one attached hydrogen (secondary N) is 1. The SMILES string of the molecule is Cc1ccc(CNC(=O)c2cc(-n3nncc3C(F)F)c3ncc(-c4ccc(C)o4)n3c2)cn1. The summed E-state index contributed by atoms with van der Waals surface area (Å²) in [5.74, 6) is 0.812. The van der Waals surface area contributed by atoms with E-state index in [-0.39, 0.29) is 17.8 Å². The molecule has 0 aliphatic rings. The third-order valence-electron chi connectivity index (χ3n) is 5.29. The van der Waals surface area contributed by atoms with Crippen molar-refractivity contribution < 1.29 is 18.0 Å². The summed E-state index contributed by atoms with van der Waals surface area (Å²) in [6.07, 6.45) is 2.99. The van der Waals surface area contributed by atoms with Gasteiger partial charge in [0.1, 0.15) is 22.8 Å². The average Bonchev–Trinajstić information content (AvgIpc) is 3.57. The Kier molecular flexibility index (Phi) is 5.36. The van der Waals surface area contributed by atoms with Gasteiger partial charge in [0, 0.05) is 24.6 Å². The summed E-state index contributed by atoms with van der Waals surface area (Å²) < 4.78 is 35.5. The molecule has 5 rings (SSSR count). The Labute approximate surface area is 192 Å². The molecule has 0 radical (unpaired) electrons. The monoisotopic (exact) mass is 463 g/mol. The van der Waals surface area contributed by atoms with E-state index in [2.05, 4.69) is 25.6 Å². The van der Waals surface area contributed by atoms with Gasteiger partial charge in [0.15, 0.2) is 11.4 Å². The lowest BCUT2D eigenvalue weighted by molar-refractivity contribution is 0.0950. The van der Waals surface area contributed by atoms with E-state index in [0.29, 0.717) is 22.9 Å². The second-order valence-electron chi connectivity index (χ2n) is 7.72. The Morgan fingerprint density at radius 1 is 1.12 bits per heavy atom. The molecule has 0 unspecified atom stereocenters. The van der Waals surface area contributed by atoms with Gasteiger partial charge in [-0.15, -0.1) is 5.10 Å². The van der Waals surface area contributed by atoms with Crippen LogP contribution in [-0.4, -0.2) is 35.3 Å². The second kappa shape index (κ2) is 8.50. The number of aryl methyl sites for hydroxylation is 2. The first-order valence-electron chi connectivity index (χ1n) is 10.4. The van der Waals surface area contributed by atoms with Gasteiger partial charge in [-0.3, -0.25) is 14.2 Å². The third kappa shape index (κ3) is 3.91. The van der Waals surface area contributed by atoms with Crippen LogP contribution < -0.4 is 5.32 Å². The van der Waals surface area contributed by atoms with Crippen LogP contribution in [0.4, 0.5) is 8.78 Å². The van der Waals surface area contributed by atoms with Gasteiger partial charge < -0.3 is 9.73 Å². The fourth-order valence-electron chi connectivity index (χ4n) is 3.57. The predicted molar refractivity (Wildman–Crippen MR) is 118 cm³/mol. The molecule has 0 atom stereocenters. The molecule has 34 heavy (non-hydrogen) atoms. The van der Waals surface area contributed by atoms with E-state index >= 15 is 0 Å². The number of furan rings is 1. The summed E-state index contributed by atoms with van der Waals surface area (Å²) in [5, 5.41) is 10.3. The van der Waals surface area contributed by atoms with Crippen molar-refractivity contribution in [3.05, 3.63) is 83.4 Å². The molecule has 0 spiro atoms. The minimum atomic E-state index is -2.82. The van der Waals surface area contributed by atoms with E-state index in [9.17, 15) is 13.6 Å². The lowest BCUT2D eigenvalue weighted by Gasteiger charge is -2.12. The van der Waals surface area contributed by atoms with Crippen molar-refractivity contribution in [2.75, 3.05) is 0 Å². The molecule has 0 bridgehead atoms. The number of hydrogen-bond acceptors (Lipinski definition) is 6. The number of aromatic nitrogens is 6. The largest absolute Gasteiger partial charge is 0.460 e. The highest BCUT2D eigenvalue weighted by Crippen LogP contribution is 2.28. The molecular formula is C23H19F2N7O2. The van der Waals surface area contributed by atoms with Gasteiger partial charge in [-0.25, -0.2) is 18.4 Å². The first-order chi connectivity index (χ1) is 16.4. The Hall–Kier alpha value is -4.41. The zero-order valence-corrected chi connectivity index (χ0v) is 18.2. The second-order valence-corrected chi connectivity index (χ2v) is 7.72. The molecule has 0 aliphatic heterocycles. The lowest BCUT2D eigenvalue weighted by Crippen LogP contribution is -2.23. The van der Waals surface area contributed by atoms with E-state index in [4.69, 9.17) is 4.42 Å². The smallest absolute Gasteiger partial charge is 0.282 e. The van der Waals surface area contributed by atoms with Crippen molar-refractivity contribution >= 4 is 11.6 Å². The van der Waals surface area contributed by atoms with Crippen LogP contribution in [0, 0.1) is 13.8 Å². The highest BCUT2D eigenvalue weighted by Gasteiger charge is 2.22. The number of halogens is 2. The number of amides is 1. The normalized spacial score (nSPS) is 11.4. The highest BCUT2D eigenvalue weighted by molar-refractivity contribution is 5.95. The van der Waals surface area contributed by atoms with Crippen LogP contribution >= 0.6 is 0 Å². The summed E-state index contributed by atoms with van der Waals surface area (Å²) in [5.41, 5.74) is 2.56. The molecule has 0 aliphatic carbocycles. The molecule has 9 nitrogen and oxygen atoms in total. The summed E-state index contributed by atoms with van der Waals surface area (Å²) in [4.78, 5) is 21.7. The van der Waals surface area contributed by atoms with E-state index in [0.717, 1.165) is 22.1 Å². The third-order valence-corrected chi connectivity index (χ3v) is 5.29. The number of hydrogen-bond donors (Lipinski definition) is 1. The van der Waals surface area contributed by atoms with Crippen LogP contribution in [0.15, 0.2) is 59.5 Å². The fourth-order valence-corrected chi connectivity index (χ4v) is 3.57. The first-order valence-corrected chi connectivity index (χ1v) is 10.4. The van der Waals surface area contributed by atoms with Crippen molar-refractivity contribution in [1.29, 1.82) is 0 Å². The Bertz CT molecular complexity index is 1490. The van der Waals surface area contributed by atoms with Crippen molar-refractivity contribution in [2.24, 2.45) is 0 Å². The molecule has 0 fully saturated rings. The molecule has 0 saturated heterocycles. The Balaban J connectivity index is 1.60. The molecular weight excluding hydrogens is 444 g/mol. The molecule has 5 aromatic heterocycles. The predicted octanol–water partition coefficient (Wildman–Crippen LogP) is 4.05. The van der Waals surface area contributed by atoms with Gasteiger partial charge >= 0.3 is 0 Å². The van der Waals surface area contributed by atoms with Crippen LogP contribution in [0.2, 0.25) is 0 Å². The van der Waals surface area contributed by atoms with Gasteiger partial charge in [-0.05, 0) is 43.7 Å². The minimum Gasteiger partial charge on any atom is -0.460 e. The van der Waals surface area contributed by atoms with E-state index in [1.165, 1.54) is 6.07 Å². The number of carbonyl (C=O) groups excluding carboxylic acids is 1. The van der Waals surface area contributed by atoms with Gasteiger partial charge in [-0.2, -0.15) is 0 Å². The average molecular weight is 463 g/mol. The number of pyridine rings is 2. The number of carbonyl (C=O) groups is 1. The molecule has 172 valence electrons. The van der Waals surface area contributed by atoms with Crippen molar-refractivity contribution in [3.63, 3.8) is 0 Å². The number of rotatable bonds is 6. The molecule has 5 aromatic rings. The molecule has 0 saturated carbocycles. The van der Waals surface area contributed by atoms with Gasteiger partial charge in [0.05, 0.1) is 18.0 Å². The fraction of sp³-hybridized carbons (Fsp3) is 0.174. The zero-order valence-electron chi connectivity index (χ0n) is 18.2. The number of alkyl halides is 2. The summed E-state index contributed by atoms with van der Waals surface area (Å²) in [7, 11) is 0. The summed E-state index contributed by atoms with van der Waals surface area (Å²) in [6, 6.07) is 8.76. The number of imidazole rings is 1. The van der Waals surface area contributed by atoms with Gasteiger partial charge in [0.25, 0.3) is 12.3 Å². The van der Waals surface area contributed by atoms with Crippen LogP contribution in [0.1, 0.15) is 39.5 Å². The first kappa shape index (κ1) is 21.4. The Morgan fingerprint density at radius 2 is 1.97 bits per heavy atom. The zero-order chi connectivity index (χ0) is 23.8. The van der Waals surface area contributed by atoms with E-state index in [1.54, 1.807) is 42.0 Å². The van der Waals surface area contributed by atoms with Crippen molar-refractivity contribution in [3.8, 4) is 17.1 Å². The van der Waals surface area contributed by atoms with Crippen LogP contribution in [0.5, 0.6) is 0 Å². The Morgan fingerprint density at radius 3 is 2.68 bits per heavy atom. The standard InChI is InChI=1S/C23H19F2N7O2/c1-13-3-5-15(8-26-13)9-28-23(33)16-7-17(32-19(21(24)25)11-29-30-32)22-27-10-18(31(22)12-16)20-6-4-14(2)34-20/h3-8,10-12,21H,9H2,1-2H3,(H,28,33). The van der Waals surface area contributed by atoms with Crippen molar-refractivity contribution in [2.45, 2.75) is 26.8 Å². The summed E-state index contributed by atoms with van der Waals surface area (Å²) in [6.45, 7) is 3.93. The maximum Gasteiger partial charge on any atom is 0.282 e. The van der Waals surface area contributed by atoms with Crippen LogP contribution in [0.25, 0.3) is 22.8 Å². The summed E-state index contributed by atoms with van der Waals surface area (Å²) >= 11 is 0. The maximum absolute atomic E-state index is 13.6. The molecule has 1 amide bonds. The molecule has 1 N–H and O–H groups in total. The molecule has 5 heterocycles. The van der Waals surface area contributed by atoms with E-state index < -0.39 is 18.0 Å². The van der Waals surface area contributed by atoms with E-state index in [1.807, 2.05) is 19.1 Å². The van der Waals surface area contributed by atoms with Gasteiger partial charge in [0.2, 0.25) is 0 Å². The van der Waals surface area contributed by atoms with Crippen molar-refractivity contribution in [1.82, 2.24) is 34.7 Å². The number of nitrogens with zero attached hydrogens (tertiary/aromatic N) is 6. The molecule has 11 heteroatoms. The van der Waals surface area contributed by atoms with Gasteiger partial charge in [-0.1, -0.05) is 11.3 Å². The number of fused-ring (bicyclic) bond motifs is 1. The highest BCUT2D eigenvalue weighted by atomic mass is 19.3. The van der Waals surface area contributed by atoms with Crippen LogP contribution in [0.3, 0.4) is 0 Å².